The molecule has 2 N–H and O–H groups in total. The van der Waals surface area contributed by atoms with Gasteiger partial charge in [-0.3, -0.25) is 4.79 Å². The molecule has 7 nitrogen and oxygen atoms in total. The molecule has 1 amide bonds. The third kappa shape index (κ3) is 6.43. The highest BCUT2D eigenvalue weighted by Crippen LogP contribution is 2.30. The van der Waals surface area contributed by atoms with Crippen LogP contribution < -0.4 is 15.4 Å². The molecule has 1 saturated carbocycles. The van der Waals surface area contributed by atoms with Gasteiger partial charge in [0.15, 0.2) is 5.69 Å². The van der Waals surface area contributed by atoms with Gasteiger partial charge < -0.3 is 20.1 Å². The summed E-state index contributed by atoms with van der Waals surface area (Å²) in [6, 6.07) is 9.97. The average Bonchev–Trinajstić information content (AvgIpc) is 2.93. The molecule has 196 valence electrons. The van der Waals surface area contributed by atoms with Crippen LogP contribution in [0.3, 0.4) is 0 Å². The highest BCUT2D eigenvalue weighted by molar-refractivity contribution is 5.93. The third-order valence-electron chi connectivity index (χ3n) is 7.88. The molecule has 1 saturated heterocycles. The number of aromatic nitrogens is 2. The summed E-state index contributed by atoms with van der Waals surface area (Å²) in [6.07, 6.45) is 11.0. The van der Waals surface area contributed by atoms with Crippen LogP contribution >= 0.6 is 0 Å². The van der Waals surface area contributed by atoms with E-state index < -0.39 is 0 Å². The minimum atomic E-state index is -0.369. The Morgan fingerprint density at radius 3 is 2.53 bits per heavy atom. The zero-order valence-electron chi connectivity index (χ0n) is 22.1. The lowest BCUT2D eigenvalue weighted by Gasteiger charge is -2.41. The van der Waals surface area contributed by atoms with Gasteiger partial charge in [-0.1, -0.05) is 31.9 Å². The molecule has 2 fully saturated rings. The van der Waals surface area contributed by atoms with Gasteiger partial charge in [0.2, 0.25) is 0 Å². The first kappa shape index (κ1) is 26.6. The van der Waals surface area contributed by atoms with Crippen molar-refractivity contribution in [3.8, 4) is 16.9 Å². The number of nitrogens with zero attached hydrogens (tertiary/aromatic N) is 2. The first-order valence-electron chi connectivity index (χ1n) is 13.7. The number of benzene rings is 1. The van der Waals surface area contributed by atoms with Crippen LogP contribution in [0.5, 0.6) is 5.75 Å². The Morgan fingerprint density at radius 1 is 1.14 bits per heavy atom. The van der Waals surface area contributed by atoms with Gasteiger partial charge in [0.1, 0.15) is 5.75 Å². The average molecular weight is 495 g/mol. The monoisotopic (exact) mass is 494 g/mol. The Labute approximate surface area is 215 Å². The van der Waals surface area contributed by atoms with Crippen LogP contribution in [-0.4, -0.2) is 54.1 Å². The highest BCUT2D eigenvalue weighted by atomic mass is 16.5. The fourth-order valence-corrected chi connectivity index (χ4v) is 5.46. The van der Waals surface area contributed by atoms with Gasteiger partial charge in [-0.05, 0) is 95.1 Å². The van der Waals surface area contributed by atoms with Crippen molar-refractivity contribution in [3.63, 3.8) is 0 Å². The zero-order valence-corrected chi connectivity index (χ0v) is 22.1. The van der Waals surface area contributed by atoms with Crippen molar-refractivity contribution in [2.45, 2.75) is 95.8 Å². The van der Waals surface area contributed by atoms with E-state index in [1.807, 2.05) is 25.1 Å². The number of amides is 1. The van der Waals surface area contributed by atoms with Gasteiger partial charge in [0.05, 0.1) is 23.4 Å². The summed E-state index contributed by atoms with van der Waals surface area (Å²) < 4.78 is 12.1. The van der Waals surface area contributed by atoms with Crippen LogP contribution in [-0.2, 0) is 11.2 Å². The summed E-state index contributed by atoms with van der Waals surface area (Å²) in [6.45, 7) is 5.94. The fourth-order valence-electron chi connectivity index (χ4n) is 5.46. The predicted molar refractivity (Wildman–Crippen MR) is 142 cm³/mol. The Kier molecular flexibility index (Phi) is 9.32. The molecule has 0 radical (unpaired) electrons. The van der Waals surface area contributed by atoms with Crippen molar-refractivity contribution >= 4 is 5.91 Å². The van der Waals surface area contributed by atoms with Crippen molar-refractivity contribution in [1.29, 1.82) is 0 Å². The quantitative estimate of drug-likeness (QED) is 0.479. The molecule has 1 aromatic heterocycles. The second-order valence-corrected chi connectivity index (χ2v) is 10.3. The lowest BCUT2D eigenvalue weighted by atomic mass is 9.85. The lowest BCUT2D eigenvalue weighted by Crippen LogP contribution is -2.56. The van der Waals surface area contributed by atoms with E-state index in [-0.39, 0.29) is 17.6 Å². The Morgan fingerprint density at radius 2 is 1.86 bits per heavy atom. The molecule has 2 aliphatic rings. The summed E-state index contributed by atoms with van der Waals surface area (Å²) >= 11 is 0. The standard InChI is InChI=1S/C29H42N4O3/c1-4-5-11-26-25(22-12-14-24(15-13-22)36-23-9-7-6-8-10-23)20-27(33-32-26)28(34)31-21(2)29(35-3)16-18-30-19-17-29/h12-15,20-21,23,30H,4-11,16-19H2,1-3H3,(H,31,34). The van der Waals surface area contributed by atoms with Crippen molar-refractivity contribution < 1.29 is 14.3 Å². The minimum Gasteiger partial charge on any atom is -0.490 e. The SMILES string of the molecule is CCCCc1nnc(C(=O)NC(C)C2(OC)CCNCC2)cc1-c1ccc(OC2CCCCC2)cc1. The number of aryl methyl sites for hydroxylation is 1. The van der Waals surface area contributed by atoms with Crippen LogP contribution in [0.2, 0.25) is 0 Å². The van der Waals surface area contributed by atoms with E-state index in [0.29, 0.717) is 11.8 Å². The smallest absolute Gasteiger partial charge is 0.272 e. The molecule has 1 aliphatic heterocycles. The number of methoxy groups -OCH3 is 1. The van der Waals surface area contributed by atoms with Crippen LogP contribution in [0.4, 0.5) is 0 Å². The molecular formula is C29H42N4O3. The van der Waals surface area contributed by atoms with E-state index in [9.17, 15) is 4.79 Å². The number of ether oxygens (including phenoxy) is 2. The molecular weight excluding hydrogens is 452 g/mol. The van der Waals surface area contributed by atoms with E-state index in [1.54, 1.807) is 7.11 Å². The first-order chi connectivity index (χ1) is 17.5. The highest BCUT2D eigenvalue weighted by Gasteiger charge is 2.38. The van der Waals surface area contributed by atoms with Gasteiger partial charge in [-0.2, -0.15) is 5.10 Å². The number of carbonyl (C=O) groups excluding carboxylic acids is 1. The molecule has 1 atom stereocenters. The molecule has 2 aromatic rings. The number of carbonyl (C=O) groups is 1. The molecule has 7 heteroatoms. The second-order valence-electron chi connectivity index (χ2n) is 10.3. The molecule has 0 bridgehead atoms. The molecule has 1 unspecified atom stereocenters. The molecule has 36 heavy (non-hydrogen) atoms. The second kappa shape index (κ2) is 12.6. The minimum absolute atomic E-state index is 0.140. The Hall–Kier alpha value is -2.51. The maximum Gasteiger partial charge on any atom is 0.272 e. The van der Waals surface area contributed by atoms with Crippen molar-refractivity contribution in [2.75, 3.05) is 20.2 Å². The summed E-state index contributed by atoms with van der Waals surface area (Å²) in [5, 5.41) is 15.3. The lowest BCUT2D eigenvalue weighted by molar-refractivity contribution is -0.0562. The third-order valence-corrected chi connectivity index (χ3v) is 7.88. The Balaban J connectivity index is 1.52. The van der Waals surface area contributed by atoms with Gasteiger partial charge >= 0.3 is 0 Å². The Bertz CT molecular complexity index is 983. The normalized spacial score (nSPS) is 19.0. The molecule has 4 rings (SSSR count). The van der Waals surface area contributed by atoms with Gasteiger partial charge in [-0.15, -0.1) is 5.10 Å². The molecule has 0 spiro atoms. The maximum absolute atomic E-state index is 13.2. The number of rotatable bonds is 10. The molecule has 2 heterocycles. The van der Waals surface area contributed by atoms with Gasteiger partial charge in [-0.25, -0.2) is 0 Å². The number of unbranched alkanes of at least 4 members (excludes halogenated alkanes) is 1. The van der Waals surface area contributed by atoms with Crippen LogP contribution in [0.1, 0.15) is 87.8 Å². The van der Waals surface area contributed by atoms with E-state index >= 15 is 0 Å². The zero-order chi connectivity index (χ0) is 25.4. The molecule has 1 aromatic carbocycles. The number of hydrogen-bond donors (Lipinski definition) is 2. The fraction of sp³-hybridized carbons (Fsp3) is 0.621. The van der Waals surface area contributed by atoms with E-state index in [0.717, 1.165) is 80.6 Å². The van der Waals surface area contributed by atoms with Crippen LogP contribution in [0, 0.1) is 0 Å². The number of piperidine rings is 1. The molecule has 1 aliphatic carbocycles. The number of nitrogens with one attached hydrogen (secondary N) is 2. The van der Waals surface area contributed by atoms with Crippen molar-refractivity contribution in [1.82, 2.24) is 20.8 Å². The first-order valence-corrected chi connectivity index (χ1v) is 13.7. The summed E-state index contributed by atoms with van der Waals surface area (Å²) in [7, 11) is 1.73. The van der Waals surface area contributed by atoms with Crippen LogP contribution in [0.15, 0.2) is 30.3 Å². The van der Waals surface area contributed by atoms with Gasteiger partial charge in [0, 0.05) is 12.7 Å². The van der Waals surface area contributed by atoms with Crippen LogP contribution in [0.25, 0.3) is 11.1 Å². The van der Waals surface area contributed by atoms with Gasteiger partial charge in [0.25, 0.3) is 5.91 Å². The summed E-state index contributed by atoms with van der Waals surface area (Å²) in [5.74, 6) is 0.687. The summed E-state index contributed by atoms with van der Waals surface area (Å²) in [5.41, 5.74) is 2.88. The van der Waals surface area contributed by atoms with Crippen molar-refractivity contribution in [3.05, 3.63) is 41.7 Å². The summed E-state index contributed by atoms with van der Waals surface area (Å²) in [4.78, 5) is 13.2. The largest absolute Gasteiger partial charge is 0.490 e. The topological polar surface area (TPSA) is 85.4 Å². The van der Waals surface area contributed by atoms with E-state index in [2.05, 4.69) is 39.9 Å². The maximum atomic E-state index is 13.2. The van der Waals surface area contributed by atoms with Crippen molar-refractivity contribution in [2.24, 2.45) is 0 Å². The van der Waals surface area contributed by atoms with E-state index in [1.165, 1.54) is 19.3 Å². The van der Waals surface area contributed by atoms with E-state index in [4.69, 9.17) is 9.47 Å². The predicted octanol–water partition coefficient (Wildman–Crippen LogP) is 5.08. The number of hydrogen-bond acceptors (Lipinski definition) is 6.